The monoisotopic (exact) mass is 445 g/mol. The summed E-state index contributed by atoms with van der Waals surface area (Å²) in [5.41, 5.74) is 10.5. The maximum absolute atomic E-state index is 12.3. The van der Waals surface area contributed by atoms with Crippen molar-refractivity contribution in [3.05, 3.63) is 71.4 Å². The standard InChI is InChI=1S/C25H27N5O3/c1-5-17-16(14-30-10-9-27-15(30)2)7-6-8-20(17)29-24-18-11-22(32-3)23(33-4)12-21(18)28-13-19(24)25(26)31/h6-13H,5,14H2,1-4H3,(H2,26,31)(H,28,29). The van der Waals surface area contributed by atoms with Gasteiger partial charge in [-0.1, -0.05) is 19.1 Å². The fraction of sp³-hybridized carbons (Fsp3) is 0.240. The lowest BCUT2D eigenvalue weighted by atomic mass is 10.0. The summed E-state index contributed by atoms with van der Waals surface area (Å²) in [6.45, 7) is 4.80. The fourth-order valence-corrected chi connectivity index (χ4v) is 4.05. The molecule has 0 aliphatic carbocycles. The average Bonchev–Trinajstić information content (AvgIpc) is 3.22. The molecule has 0 aliphatic heterocycles. The van der Waals surface area contributed by atoms with Crippen LogP contribution in [-0.2, 0) is 13.0 Å². The highest BCUT2D eigenvalue weighted by atomic mass is 16.5. The number of aryl methyl sites for hydroxylation is 1. The summed E-state index contributed by atoms with van der Waals surface area (Å²) in [4.78, 5) is 21.0. The van der Waals surface area contributed by atoms with Crippen LogP contribution in [0, 0.1) is 6.92 Å². The molecule has 2 heterocycles. The first-order valence-corrected chi connectivity index (χ1v) is 10.7. The lowest BCUT2D eigenvalue weighted by Crippen LogP contribution is -2.15. The number of benzene rings is 2. The Morgan fingerprint density at radius 3 is 2.55 bits per heavy atom. The van der Waals surface area contributed by atoms with E-state index in [4.69, 9.17) is 15.2 Å². The van der Waals surface area contributed by atoms with Crippen molar-refractivity contribution in [1.29, 1.82) is 0 Å². The second kappa shape index (κ2) is 9.20. The predicted octanol–water partition coefficient (Wildman–Crippen LogP) is 4.21. The molecule has 2 aromatic carbocycles. The van der Waals surface area contributed by atoms with Crippen molar-refractivity contribution in [2.75, 3.05) is 19.5 Å². The smallest absolute Gasteiger partial charge is 0.252 e. The number of nitrogens with two attached hydrogens (primary N) is 1. The van der Waals surface area contributed by atoms with Crippen LogP contribution in [0.4, 0.5) is 11.4 Å². The predicted molar refractivity (Wildman–Crippen MR) is 129 cm³/mol. The van der Waals surface area contributed by atoms with E-state index in [0.29, 0.717) is 40.2 Å². The quantitative estimate of drug-likeness (QED) is 0.421. The van der Waals surface area contributed by atoms with Gasteiger partial charge in [0, 0.05) is 42.3 Å². The van der Waals surface area contributed by atoms with Crippen LogP contribution in [0.1, 0.15) is 34.2 Å². The summed E-state index contributed by atoms with van der Waals surface area (Å²) in [6.07, 6.45) is 6.06. The van der Waals surface area contributed by atoms with Gasteiger partial charge in [0.1, 0.15) is 5.82 Å². The molecule has 3 N–H and O–H groups in total. The molecule has 1 amide bonds. The molecule has 4 rings (SSSR count). The number of nitrogens with one attached hydrogen (secondary N) is 1. The normalized spacial score (nSPS) is 10.9. The van der Waals surface area contributed by atoms with Gasteiger partial charge in [0.25, 0.3) is 5.91 Å². The fourth-order valence-electron chi connectivity index (χ4n) is 4.05. The molecule has 0 unspecified atom stereocenters. The molecular formula is C25H27N5O3. The van der Waals surface area contributed by atoms with Crippen LogP contribution in [0.25, 0.3) is 10.9 Å². The van der Waals surface area contributed by atoms with E-state index in [9.17, 15) is 4.79 Å². The van der Waals surface area contributed by atoms with Gasteiger partial charge < -0.3 is 25.1 Å². The maximum atomic E-state index is 12.3. The van der Waals surface area contributed by atoms with Crippen molar-refractivity contribution in [3.8, 4) is 11.5 Å². The zero-order valence-corrected chi connectivity index (χ0v) is 19.2. The van der Waals surface area contributed by atoms with Crippen molar-refractivity contribution in [2.45, 2.75) is 26.8 Å². The molecule has 33 heavy (non-hydrogen) atoms. The van der Waals surface area contributed by atoms with E-state index < -0.39 is 5.91 Å². The third-order valence-electron chi connectivity index (χ3n) is 5.79. The van der Waals surface area contributed by atoms with Gasteiger partial charge >= 0.3 is 0 Å². The Hall–Kier alpha value is -4.07. The Balaban J connectivity index is 1.86. The van der Waals surface area contributed by atoms with Crippen LogP contribution in [0.15, 0.2) is 48.9 Å². The molecule has 0 radical (unpaired) electrons. The Bertz CT molecular complexity index is 1330. The number of hydrogen-bond acceptors (Lipinski definition) is 6. The van der Waals surface area contributed by atoms with Crippen molar-refractivity contribution < 1.29 is 14.3 Å². The molecule has 0 aliphatic rings. The second-order valence-corrected chi connectivity index (χ2v) is 7.66. The number of methoxy groups -OCH3 is 2. The van der Waals surface area contributed by atoms with E-state index in [0.717, 1.165) is 23.5 Å². The number of ether oxygens (including phenoxy) is 2. The third kappa shape index (κ3) is 4.19. The topological polar surface area (TPSA) is 104 Å². The minimum absolute atomic E-state index is 0.299. The zero-order chi connectivity index (χ0) is 23.5. The number of rotatable bonds is 8. The van der Waals surface area contributed by atoms with E-state index in [1.165, 1.54) is 11.8 Å². The molecule has 170 valence electrons. The molecule has 0 atom stereocenters. The van der Waals surface area contributed by atoms with Crippen LogP contribution < -0.4 is 20.5 Å². The summed E-state index contributed by atoms with van der Waals surface area (Å²) < 4.78 is 13.0. The van der Waals surface area contributed by atoms with Gasteiger partial charge in [-0.2, -0.15) is 0 Å². The summed E-state index contributed by atoms with van der Waals surface area (Å²) >= 11 is 0. The Morgan fingerprint density at radius 1 is 1.15 bits per heavy atom. The highest BCUT2D eigenvalue weighted by Gasteiger charge is 2.18. The van der Waals surface area contributed by atoms with Crippen molar-refractivity contribution >= 4 is 28.2 Å². The number of pyridine rings is 1. The number of nitrogens with zero attached hydrogens (tertiary/aromatic N) is 3. The number of amides is 1. The van der Waals surface area contributed by atoms with E-state index >= 15 is 0 Å². The van der Waals surface area contributed by atoms with Gasteiger partial charge in [0.2, 0.25) is 0 Å². The van der Waals surface area contributed by atoms with Crippen LogP contribution in [-0.4, -0.2) is 34.7 Å². The SMILES string of the molecule is CCc1c(Cn2ccnc2C)cccc1Nc1c(C(N)=O)cnc2cc(OC)c(OC)cc12. The average molecular weight is 446 g/mol. The van der Waals surface area contributed by atoms with Crippen molar-refractivity contribution in [3.63, 3.8) is 0 Å². The van der Waals surface area contributed by atoms with Gasteiger partial charge in [0.05, 0.1) is 31.0 Å². The van der Waals surface area contributed by atoms with Gasteiger partial charge in [-0.25, -0.2) is 4.98 Å². The van der Waals surface area contributed by atoms with Gasteiger partial charge in [0.15, 0.2) is 11.5 Å². The number of fused-ring (bicyclic) bond motifs is 1. The minimum atomic E-state index is -0.565. The van der Waals surface area contributed by atoms with Crippen LogP contribution in [0.5, 0.6) is 11.5 Å². The Morgan fingerprint density at radius 2 is 1.91 bits per heavy atom. The molecule has 2 aromatic heterocycles. The van der Waals surface area contributed by atoms with Gasteiger partial charge in [-0.3, -0.25) is 9.78 Å². The lowest BCUT2D eigenvalue weighted by molar-refractivity contribution is 0.100. The molecule has 0 saturated heterocycles. The molecular weight excluding hydrogens is 418 g/mol. The van der Waals surface area contributed by atoms with Crippen molar-refractivity contribution in [1.82, 2.24) is 14.5 Å². The molecule has 0 saturated carbocycles. The highest BCUT2D eigenvalue weighted by molar-refractivity contribution is 6.08. The maximum Gasteiger partial charge on any atom is 0.252 e. The first-order valence-electron chi connectivity index (χ1n) is 10.7. The number of hydrogen-bond donors (Lipinski definition) is 2. The minimum Gasteiger partial charge on any atom is -0.493 e. The lowest BCUT2D eigenvalue weighted by Gasteiger charge is -2.19. The molecule has 0 fully saturated rings. The number of carbonyl (C=O) groups is 1. The van der Waals surface area contributed by atoms with Gasteiger partial charge in [-0.05, 0) is 36.6 Å². The largest absolute Gasteiger partial charge is 0.493 e. The van der Waals surface area contributed by atoms with E-state index in [1.54, 1.807) is 32.5 Å². The van der Waals surface area contributed by atoms with Crippen molar-refractivity contribution in [2.24, 2.45) is 5.73 Å². The molecule has 0 spiro atoms. The first-order chi connectivity index (χ1) is 16.0. The van der Waals surface area contributed by atoms with Crippen LogP contribution in [0.3, 0.4) is 0 Å². The zero-order valence-electron chi connectivity index (χ0n) is 19.2. The number of imidazole rings is 1. The summed E-state index contributed by atoms with van der Waals surface area (Å²) in [5, 5.41) is 4.19. The Labute approximate surface area is 192 Å². The van der Waals surface area contributed by atoms with Crippen LogP contribution in [0.2, 0.25) is 0 Å². The molecule has 8 heteroatoms. The number of carbonyl (C=O) groups excluding carboxylic acids is 1. The van der Waals surface area contributed by atoms with E-state index in [-0.39, 0.29) is 0 Å². The Kier molecular flexibility index (Phi) is 6.17. The summed E-state index contributed by atoms with van der Waals surface area (Å²) in [5.74, 6) is 1.48. The number of anilines is 2. The van der Waals surface area contributed by atoms with E-state index in [2.05, 4.69) is 32.8 Å². The molecule has 4 aromatic rings. The summed E-state index contributed by atoms with van der Waals surface area (Å²) in [7, 11) is 3.14. The summed E-state index contributed by atoms with van der Waals surface area (Å²) in [6, 6.07) is 9.70. The molecule has 8 nitrogen and oxygen atoms in total. The van der Waals surface area contributed by atoms with E-state index in [1.807, 2.05) is 25.3 Å². The third-order valence-corrected chi connectivity index (χ3v) is 5.79. The molecule has 0 bridgehead atoms. The highest BCUT2D eigenvalue weighted by Crippen LogP contribution is 2.38. The second-order valence-electron chi connectivity index (χ2n) is 7.66. The van der Waals surface area contributed by atoms with Gasteiger partial charge in [-0.15, -0.1) is 0 Å². The number of aromatic nitrogens is 3. The van der Waals surface area contributed by atoms with Crippen LogP contribution >= 0.6 is 0 Å². The first kappa shape index (κ1) is 22.1. The number of primary amides is 1.